The zero-order valence-electron chi connectivity index (χ0n) is 9.92. The van der Waals surface area contributed by atoms with Gasteiger partial charge in [-0.3, -0.25) is 0 Å². The monoisotopic (exact) mass is 284 g/mol. The molecule has 0 amide bonds. The van der Waals surface area contributed by atoms with Crippen LogP contribution in [0.3, 0.4) is 0 Å². The largest absolute Gasteiger partial charge is 0.390 e. The maximum absolute atomic E-state index is 9.29. The zero-order valence-corrected chi connectivity index (χ0v) is 11.5. The molecular formula is C12H17BrN2O. The van der Waals surface area contributed by atoms with E-state index >= 15 is 0 Å². The van der Waals surface area contributed by atoms with E-state index in [2.05, 4.69) is 27.5 Å². The number of hydrogen-bond donors (Lipinski definition) is 1. The maximum atomic E-state index is 9.29. The lowest BCUT2D eigenvalue weighted by atomic mass is 10.2. The summed E-state index contributed by atoms with van der Waals surface area (Å²) in [4.78, 5) is 4.49. The molecule has 1 aromatic heterocycles. The number of hydrogen-bond acceptors (Lipinski definition) is 2. The van der Waals surface area contributed by atoms with Crippen molar-refractivity contribution in [3.05, 3.63) is 34.3 Å². The van der Waals surface area contributed by atoms with Crippen molar-refractivity contribution in [1.82, 2.24) is 9.55 Å². The smallest absolute Gasteiger partial charge is 0.139 e. The normalized spacial score (nSPS) is 11.9. The molecule has 1 aromatic rings. The van der Waals surface area contributed by atoms with Gasteiger partial charge in [0.1, 0.15) is 5.82 Å². The maximum Gasteiger partial charge on any atom is 0.139 e. The Labute approximate surface area is 105 Å². The van der Waals surface area contributed by atoms with Gasteiger partial charge in [0.15, 0.2) is 0 Å². The summed E-state index contributed by atoms with van der Waals surface area (Å²) in [6.07, 6.45) is 2.73. The van der Waals surface area contributed by atoms with E-state index in [-0.39, 0.29) is 6.61 Å². The molecule has 0 saturated heterocycles. The van der Waals surface area contributed by atoms with Crippen LogP contribution in [0.2, 0.25) is 0 Å². The summed E-state index contributed by atoms with van der Waals surface area (Å²) >= 11 is 3.37. The predicted octanol–water partition coefficient (Wildman–Crippen LogP) is 2.79. The molecule has 0 atom stereocenters. The van der Waals surface area contributed by atoms with Crippen molar-refractivity contribution in [3.63, 3.8) is 0 Å². The zero-order chi connectivity index (χ0) is 12.3. The summed E-state index contributed by atoms with van der Waals surface area (Å²) < 4.78 is 2.90. The van der Waals surface area contributed by atoms with Crippen molar-refractivity contribution in [3.8, 4) is 0 Å². The van der Waals surface area contributed by atoms with Crippen LogP contribution in [0, 0.1) is 0 Å². The number of aromatic nitrogens is 2. The van der Waals surface area contributed by atoms with Crippen LogP contribution in [0.25, 0.3) is 5.57 Å². The second-order valence-corrected chi connectivity index (χ2v) is 4.91. The van der Waals surface area contributed by atoms with Gasteiger partial charge in [0.05, 0.1) is 18.0 Å². The number of imidazole rings is 1. The molecule has 3 nitrogen and oxygen atoms in total. The quantitative estimate of drug-likeness (QED) is 0.864. The topological polar surface area (TPSA) is 38.1 Å². The Balaban J connectivity index is 3.20. The van der Waals surface area contributed by atoms with Crippen LogP contribution in [0.15, 0.2) is 17.1 Å². The van der Waals surface area contributed by atoms with Gasteiger partial charge in [-0.1, -0.05) is 29.4 Å². The number of nitrogens with zero attached hydrogens (tertiary/aromatic N) is 2. The minimum absolute atomic E-state index is 0.0109. The highest BCUT2D eigenvalue weighted by Crippen LogP contribution is 2.20. The molecule has 0 radical (unpaired) electrons. The average Bonchev–Trinajstić information content (AvgIpc) is 2.53. The molecule has 0 unspecified atom stereocenters. The van der Waals surface area contributed by atoms with E-state index in [0.717, 1.165) is 33.7 Å². The van der Waals surface area contributed by atoms with E-state index in [1.165, 1.54) is 0 Å². The Bertz CT molecular complexity index is 428. The van der Waals surface area contributed by atoms with Crippen LogP contribution in [0.4, 0.5) is 0 Å². The molecule has 88 valence electrons. The molecule has 0 spiro atoms. The fourth-order valence-corrected chi connectivity index (χ4v) is 1.94. The molecule has 1 N–H and O–H groups in total. The van der Waals surface area contributed by atoms with Gasteiger partial charge < -0.3 is 9.67 Å². The van der Waals surface area contributed by atoms with Crippen molar-refractivity contribution in [1.29, 1.82) is 0 Å². The highest BCUT2D eigenvalue weighted by molar-refractivity contribution is 9.11. The Morgan fingerprint density at radius 2 is 2.25 bits per heavy atom. The van der Waals surface area contributed by atoms with Gasteiger partial charge in [-0.05, 0) is 23.9 Å². The van der Waals surface area contributed by atoms with Crippen LogP contribution in [-0.2, 0) is 20.1 Å². The second-order valence-electron chi connectivity index (χ2n) is 3.66. The fraction of sp³-hybridized carbons (Fsp3) is 0.417. The third-order valence-electron chi connectivity index (χ3n) is 2.44. The lowest BCUT2D eigenvalue weighted by Gasteiger charge is -2.04. The number of aliphatic hydroxyl groups is 1. The number of halogens is 1. The average molecular weight is 285 g/mol. The molecule has 0 bridgehead atoms. The molecule has 0 aromatic carbocycles. The highest BCUT2D eigenvalue weighted by atomic mass is 79.9. The fourth-order valence-electron chi connectivity index (χ4n) is 1.66. The molecule has 0 aliphatic carbocycles. The molecule has 4 heteroatoms. The summed E-state index contributed by atoms with van der Waals surface area (Å²) in [5.74, 6) is 0.805. The van der Waals surface area contributed by atoms with Gasteiger partial charge in [0.25, 0.3) is 0 Å². The summed E-state index contributed by atoms with van der Waals surface area (Å²) in [5, 5.41) is 9.29. The number of aryl methyl sites for hydroxylation is 1. The standard InChI is InChI=1S/C12H17BrN2O/c1-5-10-11(7-16)15(4)12(14-10)8(2)6-9(3)13/h6,16H,2,5,7H2,1,3-4H3. The number of allylic oxidation sites excluding steroid dienone is 3. The van der Waals surface area contributed by atoms with E-state index < -0.39 is 0 Å². The Morgan fingerprint density at radius 3 is 2.62 bits per heavy atom. The SMILES string of the molecule is C=C(C=C(C)Br)c1nc(CC)c(CO)n1C. The second kappa shape index (κ2) is 5.46. The van der Waals surface area contributed by atoms with Crippen molar-refractivity contribution >= 4 is 21.5 Å². The van der Waals surface area contributed by atoms with Crippen LogP contribution >= 0.6 is 15.9 Å². The summed E-state index contributed by atoms with van der Waals surface area (Å²) in [7, 11) is 1.90. The van der Waals surface area contributed by atoms with E-state index in [0.29, 0.717) is 0 Å². The summed E-state index contributed by atoms with van der Waals surface area (Å²) in [5.41, 5.74) is 2.63. The van der Waals surface area contributed by atoms with Crippen molar-refractivity contribution in [2.24, 2.45) is 7.05 Å². The first-order chi connectivity index (χ1) is 7.51. The first kappa shape index (κ1) is 13.2. The van der Waals surface area contributed by atoms with E-state index in [1.54, 1.807) is 0 Å². The molecule has 1 rings (SSSR count). The van der Waals surface area contributed by atoms with Crippen LogP contribution in [0.1, 0.15) is 31.1 Å². The van der Waals surface area contributed by atoms with Gasteiger partial charge in [-0.15, -0.1) is 0 Å². The van der Waals surface area contributed by atoms with Gasteiger partial charge in [-0.25, -0.2) is 4.98 Å². The van der Waals surface area contributed by atoms with Crippen molar-refractivity contribution in [2.45, 2.75) is 26.9 Å². The third kappa shape index (κ3) is 2.62. The number of rotatable bonds is 4. The van der Waals surface area contributed by atoms with Crippen molar-refractivity contribution in [2.75, 3.05) is 0 Å². The molecule has 16 heavy (non-hydrogen) atoms. The highest BCUT2D eigenvalue weighted by Gasteiger charge is 2.13. The predicted molar refractivity (Wildman–Crippen MR) is 70.2 cm³/mol. The molecular weight excluding hydrogens is 268 g/mol. The van der Waals surface area contributed by atoms with Gasteiger partial charge in [0.2, 0.25) is 0 Å². The Kier molecular flexibility index (Phi) is 4.50. The lowest BCUT2D eigenvalue weighted by molar-refractivity contribution is 0.271. The van der Waals surface area contributed by atoms with E-state index in [9.17, 15) is 5.11 Å². The van der Waals surface area contributed by atoms with Crippen molar-refractivity contribution < 1.29 is 5.11 Å². The Hall–Kier alpha value is -0.870. The van der Waals surface area contributed by atoms with Gasteiger partial charge >= 0.3 is 0 Å². The lowest BCUT2D eigenvalue weighted by Crippen LogP contribution is -2.01. The van der Waals surface area contributed by atoms with Crippen LogP contribution in [0.5, 0.6) is 0 Å². The summed E-state index contributed by atoms with van der Waals surface area (Å²) in [6, 6.07) is 0. The first-order valence-corrected chi connectivity index (χ1v) is 5.98. The van der Waals surface area contributed by atoms with E-state index in [1.807, 2.05) is 31.5 Å². The minimum Gasteiger partial charge on any atom is -0.390 e. The van der Waals surface area contributed by atoms with Crippen LogP contribution < -0.4 is 0 Å². The molecule has 0 aliphatic heterocycles. The van der Waals surface area contributed by atoms with Crippen LogP contribution in [-0.4, -0.2) is 14.7 Å². The van der Waals surface area contributed by atoms with E-state index in [4.69, 9.17) is 0 Å². The minimum atomic E-state index is 0.0109. The molecule has 0 fully saturated rings. The van der Waals surface area contributed by atoms with Gasteiger partial charge in [0, 0.05) is 12.6 Å². The Morgan fingerprint density at radius 1 is 1.62 bits per heavy atom. The summed E-state index contributed by atoms with van der Waals surface area (Å²) in [6.45, 7) is 7.96. The first-order valence-electron chi connectivity index (χ1n) is 5.19. The molecule has 0 aliphatic rings. The van der Waals surface area contributed by atoms with Gasteiger partial charge in [-0.2, -0.15) is 0 Å². The number of aliphatic hydroxyl groups excluding tert-OH is 1. The molecule has 1 heterocycles. The molecule has 0 saturated carbocycles. The third-order valence-corrected chi connectivity index (χ3v) is 2.67.